The molecule has 3 nitrogen and oxygen atoms in total. The molecule has 0 spiro atoms. The van der Waals surface area contributed by atoms with E-state index in [0.29, 0.717) is 6.61 Å². The van der Waals surface area contributed by atoms with Crippen molar-refractivity contribution in [3.63, 3.8) is 0 Å². The molecule has 1 heterocycles. The second kappa shape index (κ2) is 5.52. The van der Waals surface area contributed by atoms with Crippen LogP contribution in [0.5, 0.6) is 5.75 Å². The molecule has 1 unspecified atom stereocenters. The van der Waals surface area contributed by atoms with Crippen molar-refractivity contribution in [1.29, 1.82) is 0 Å². The van der Waals surface area contributed by atoms with Gasteiger partial charge in [-0.1, -0.05) is 12.1 Å². The molecule has 1 saturated heterocycles. The topological polar surface area (TPSA) is 41.5 Å². The summed E-state index contributed by atoms with van der Waals surface area (Å²) in [5, 5.41) is 12.9. The zero-order chi connectivity index (χ0) is 12.1. The van der Waals surface area contributed by atoms with Gasteiger partial charge in [0.25, 0.3) is 0 Å². The van der Waals surface area contributed by atoms with Crippen molar-refractivity contribution in [3.05, 3.63) is 29.8 Å². The van der Waals surface area contributed by atoms with Gasteiger partial charge in [0.2, 0.25) is 0 Å². The number of hydrogen-bond donors (Lipinski definition) is 2. The largest absolute Gasteiger partial charge is 0.494 e. The maximum Gasteiger partial charge on any atom is 0.119 e. The van der Waals surface area contributed by atoms with Crippen molar-refractivity contribution in [1.82, 2.24) is 5.32 Å². The maximum absolute atomic E-state index is 9.58. The molecule has 1 aromatic rings. The van der Waals surface area contributed by atoms with Crippen LogP contribution in [0.2, 0.25) is 0 Å². The lowest BCUT2D eigenvalue weighted by Gasteiger charge is -2.25. The van der Waals surface area contributed by atoms with Crippen molar-refractivity contribution in [3.8, 4) is 5.75 Å². The molecule has 1 aliphatic rings. The van der Waals surface area contributed by atoms with Gasteiger partial charge in [-0.2, -0.15) is 0 Å². The van der Waals surface area contributed by atoms with Crippen LogP contribution < -0.4 is 10.1 Å². The molecule has 0 amide bonds. The van der Waals surface area contributed by atoms with Crippen molar-refractivity contribution < 1.29 is 9.84 Å². The number of hydrogen-bond acceptors (Lipinski definition) is 3. The van der Waals surface area contributed by atoms with E-state index in [1.54, 1.807) is 0 Å². The van der Waals surface area contributed by atoms with E-state index in [9.17, 15) is 5.11 Å². The van der Waals surface area contributed by atoms with Gasteiger partial charge >= 0.3 is 0 Å². The molecule has 0 aromatic heterocycles. The standard InChI is InChI=1S/C14H21NO2/c1-2-17-13-5-3-4-12(8-13)9-14(11-16)6-7-15-10-14/h3-5,8,15-16H,2,6-7,9-11H2,1H3. The minimum Gasteiger partial charge on any atom is -0.494 e. The molecule has 1 fully saturated rings. The molecule has 1 aromatic carbocycles. The molecule has 2 N–H and O–H groups in total. The number of aliphatic hydroxyl groups is 1. The highest BCUT2D eigenvalue weighted by atomic mass is 16.5. The first kappa shape index (κ1) is 12.4. The Kier molecular flexibility index (Phi) is 4.02. The van der Waals surface area contributed by atoms with Gasteiger partial charge in [-0.15, -0.1) is 0 Å². The number of benzene rings is 1. The van der Waals surface area contributed by atoms with E-state index in [0.717, 1.165) is 31.7 Å². The fourth-order valence-corrected chi connectivity index (χ4v) is 2.48. The molecule has 0 aliphatic carbocycles. The van der Waals surface area contributed by atoms with Crippen LogP contribution in [0, 0.1) is 5.41 Å². The van der Waals surface area contributed by atoms with Crippen LogP contribution in [0.1, 0.15) is 18.9 Å². The monoisotopic (exact) mass is 235 g/mol. The second-order valence-electron chi connectivity index (χ2n) is 4.84. The van der Waals surface area contributed by atoms with Crippen LogP contribution in [-0.2, 0) is 6.42 Å². The number of aliphatic hydroxyl groups excluding tert-OH is 1. The second-order valence-corrected chi connectivity index (χ2v) is 4.84. The lowest BCUT2D eigenvalue weighted by Crippen LogP contribution is -2.30. The molecule has 1 atom stereocenters. The summed E-state index contributed by atoms with van der Waals surface area (Å²) in [7, 11) is 0. The van der Waals surface area contributed by atoms with Crippen LogP contribution in [0.25, 0.3) is 0 Å². The normalized spacial score (nSPS) is 23.9. The maximum atomic E-state index is 9.58. The smallest absolute Gasteiger partial charge is 0.119 e. The first-order valence-corrected chi connectivity index (χ1v) is 6.31. The third-order valence-electron chi connectivity index (χ3n) is 3.46. The molecule has 3 heteroatoms. The van der Waals surface area contributed by atoms with Crippen LogP contribution in [-0.4, -0.2) is 31.4 Å². The summed E-state index contributed by atoms with van der Waals surface area (Å²) in [5.41, 5.74) is 1.26. The quantitative estimate of drug-likeness (QED) is 0.814. The molecule has 0 bridgehead atoms. The van der Waals surface area contributed by atoms with E-state index in [1.165, 1.54) is 5.56 Å². The Morgan fingerprint density at radius 3 is 3.00 bits per heavy atom. The number of rotatable bonds is 5. The number of nitrogens with one attached hydrogen (secondary N) is 1. The van der Waals surface area contributed by atoms with E-state index in [-0.39, 0.29) is 12.0 Å². The zero-order valence-corrected chi connectivity index (χ0v) is 10.4. The van der Waals surface area contributed by atoms with Gasteiger partial charge < -0.3 is 15.2 Å². The Labute approximate surface area is 103 Å². The zero-order valence-electron chi connectivity index (χ0n) is 10.4. The Bertz CT molecular complexity index is 359. The summed E-state index contributed by atoms with van der Waals surface area (Å²) in [5.74, 6) is 0.920. The predicted octanol–water partition coefficient (Wildman–Crippen LogP) is 1.60. The Hall–Kier alpha value is -1.06. The van der Waals surface area contributed by atoms with Crippen LogP contribution in [0.4, 0.5) is 0 Å². The minimum absolute atomic E-state index is 0.0187. The third kappa shape index (κ3) is 2.99. The highest BCUT2D eigenvalue weighted by Gasteiger charge is 2.33. The molecule has 0 saturated carbocycles. The van der Waals surface area contributed by atoms with E-state index in [2.05, 4.69) is 17.4 Å². The fourth-order valence-electron chi connectivity index (χ4n) is 2.48. The van der Waals surface area contributed by atoms with E-state index in [4.69, 9.17) is 4.74 Å². The van der Waals surface area contributed by atoms with E-state index < -0.39 is 0 Å². The van der Waals surface area contributed by atoms with E-state index in [1.807, 2.05) is 19.1 Å². The van der Waals surface area contributed by atoms with E-state index >= 15 is 0 Å². The van der Waals surface area contributed by atoms with Gasteiger partial charge in [0.15, 0.2) is 0 Å². The van der Waals surface area contributed by atoms with Gasteiger partial charge in [-0.05, 0) is 44.0 Å². The first-order chi connectivity index (χ1) is 8.28. The Morgan fingerprint density at radius 2 is 2.35 bits per heavy atom. The average molecular weight is 235 g/mol. The summed E-state index contributed by atoms with van der Waals surface area (Å²) in [6.45, 7) is 4.84. The van der Waals surface area contributed by atoms with Crippen molar-refractivity contribution >= 4 is 0 Å². The molecule has 17 heavy (non-hydrogen) atoms. The molecule has 0 radical (unpaired) electrons. The Balaban J connectivity index is 2.09. The summed E-state index contributed by atoms with van der Waals surface area (Å²) < 4.78 is 5.50. The van der Waals surface area contributed by atoms with Gasteiger partial charge in [-0.3, -0.25) is 0 Å². The summed E-state index contributed by atoms with van der Waals surface area (Å²) in [6.07, 6.45) is 1.96. The molecule has 94 valence electrons. The molecular formula is C14H21NO2. The molecule has 1 aliphatic heterocycles. The lowest BCUT2D eigenvalue weighted by molar-refractivity contribution is 0.142. The van der Waals surface area contributed by atoms with Crippen molar-refractivity contribution in [2.45, 2.75) is 19.8 Å². The molecular weight excluding hydrogens is 214 g/mol. The molecule has 2 rings (SSSR count). The van der Waals surface area contributed by atoms with Gasteiger partial charge in [0.1, 0.15) is 5.75 Å². The van der Waals surface area contributed by atoms with Crippen molar-refractivity contribution in [2.75, 3.05) is 26.3 Å². The summed E-state index contributed by atoms with van der Waals surface area (Å²) >= 11 is 0. The minimum atomic E-state index is 0.0187. The van der Waals surface area contributed by atoms with Crippen molar-refractivity contribution in [2.24, 2.45) is 5.41 Å². The van der Waals surface area contributed by atoms with Crippen LogP contribution >= 0.6 is 0 Å². The lowest BCUT2D eigenvalue weighted by atomic mass is 9.81. The Morgan fingerprint density at radius 1 is 1.47 bits per heavy atom. The van der Waals surface area contributed by atoms with Gasteiger partial charge in [0.05, 0.1) is 13.2 Å². The average Bonchev–Trinajstić information content (AvgIpc) is 2.79. The third-order valence-corrected chi connectivity index (χ3v) is 3.46. The first-order valence-electron chi connectivity index (χ1n) is 6.31. The highest BCUT2D eigenvalue weighted by Crippen LogP contribution is 2.30. The number of ether oxygens (including phenoxy) is 1. The van der Waals surface area contributed by atoms with Gasteiger partial charge in [-0.25, -0.2) is 0 Å². The van der Waals surface area contributed by atoms with Crippen LogP contribution in [0.3, 0.4) is 0 Å². The van der Waals surface area contributed by atoms with Crippen LogP contribution in [0.15, 0.2) is 24.3 Å². The fraction of sp³-hybridized carbons (Fsp3) is 0.571. The summed E-state index contributed by atoms with van der Waals surface area (Å²) in [6, 6.07) is 8.19. The highest BCUT2D eigenvalue weighted by molar-refractivity contribution is 5.29. The predicted molar refractivity (Wildman–Crippen MR) is 68.3 cm³/mol. The van der Waals surface area contributed by atoms with Gasteiger partial charge in [0, 0.05) is 12.0 Å². The summed E-state index contributed by atoms with van der Waals surface area (Å²) in [4.78, 5) is 0. The SMILES string of the molecule is CCOc1cccc(CC2(CO)CCNC2)c1.